The Morgan fingerprint density at radius 2 is 2.00 bits per heavy atom. The molecule has 0 atom stereocenters. The van der Waals surface area contributed by atoms with E-state index in [1.54, 1.807) is 0 Å². The molecule has 2 rings (SSSR count). The summed E-state index contributed by atoms with van der Waals surface area (Å²) in [5.74, 6) is -0.342. The minimum atomic E-state index is -3.76. The molecule has 22 heavy (non-hydrogen) atoms. The average Bonchev–Trinajstić information content (AvgIpc) is 2.45. The summed E-state index contributed by atoms with van der Waals surface area (Å²) in [6, 6.07) is 5.43. The van der Waals surface area contributed by atoms with Crippen LogP contribution < -0.4 is 16.0 Å². The van der Waals surface area contributed by atoms with Crippen molar-refractivity contribution in [1.82, 2.24) is 15.2 Å². The van der Waals surface area contributed by atoms with Crippen LogP contribution >= 0.6 is 11.8 Å². The zero-order valence-electron chi connectivity index (χ0n) is 11.0. The van der Waals surface area contributed by atoms with Crippen LogP contribution in [0.25, 0.3) is 0 Å². The number of H-pyrrole nitrogens is 1. The standard InChI is InChI=1S/C11H11N5O4S2/c12-22(19,20)8-3-1-7(2-4-8)14-10(18)6-21-11-15-9(17)5-13-16-11/h1-5H,6H2,(H,14,18)(H2,12,19,20)(H,15,16,17). The first kappa shape index (κ1) is 16.1. The molecule has 1 heterocycles. The van der Waals surface area contributed by atoms with Crippen LogP contribution in [0.2, 0.25) is 0 Å². The van der Waals surface area contributed by atoms with Crippen molar-refractivity contribution < 1.29 is 13.2 Å². The van der Waals surface area contributed by atoms with Crippen LogP contribution in [-0.2, 0) is 14.8 Å². The number of carbonyl (C=O) groups excluding carboxylic acids is 1. The lowest BCUT2D eigenvalue weighted by molar-refractivity contribution is -0.113. The molecule has 0 radical (unpaired) electrons. The Labute approximate surface area is 129 Å². The minimum Gasteiger partial charge on any atom is -0.325 e. The maximum absolute atomic E-state index is 11.7. The van der Waals surface area contributed by atoms with E-state index in [-0.39, 0.29) is 21.7 Å². The minimum absolute atomic E-state index is 0.00553. The fourth-order valence-electron chi connectivity index (χ4n) is 1.42. The van der Waals surface area contributed by atoms with E-state index in [1.807, 2.05) is 0 Å². The van der Waals surface area contributed by atoms with Gasteiger partial charge in [-0.05, 0) is 24.3 Å². The number of hydrogen-bond acceptors (Lipinski definition) is 7. The molecule has 0 aliphatic rings. The van der Waals surface area contributed by atoms with Gasteiger partial charge in [0.25, 0.3) is 5.56 Å². The number of primary sulfonamides is 1. The molecular formula is C11H11N5O4S2. The summed E-state index contributed by atoms with van der Waals surface area (Å²) in [5, 5.41) is 14.9. The number of sulfonamides is 1. The summed E-state index contributed by atoms with van der Waals surface area (Å²) >= 11 is 1.01. The molecule has 0 aliphatic heterocycles. The van der Waals surface area contributed by atoms with Crippen molar-refractivity contribution in [2.24, 2.45) is 5.14 Å². The van der Waals surface area contributed by atoms with Crippen LogP contribution in [0.5, 0.6) is 0 Å². The van der Waals surface area contributed by atoms with Crippen molar-refractivity contribution in [1.29, 1.82) is 0 Å². The van der Waals surface area contributed by atoms with Gasteiger partial charge in [-0.2, -0.15) is 5.10 Å². The largest absolute Gasteiger partial charge is 0.325 e. The first-order valence-electron chi connectivity index (χ1n) is 5.82. The van der Waals surface area contributed by atoms with Gasteiger partial charge in [0, 0.05) is 5.69 Å². The molecule has 0 saturated heterocycles. The predicted molar refractivity (Wildman–Crippen MR) is 79.8 cm³/mol. The maximum atomic E-state index is 11.7. The van der Waals surface area contributed by atoms with E-state index in [0.717, 1.165) is 18.0 Å². The van der Waals surface area contributed by atoms with E-state index in [1.165, 1.54) is 24.3 Å². The highest BCUT2D eigenvalue weighted by atomic mass is 32.2. The molecule has 9 nitrogen and oxygen atoms in total. The van der Waals surface area contributed by atoms with Crippen molar-refractivity contribution in [3.8, 4) is 0 Å². The highest BCUT2D eigenvalue weighted by Gasteiger charge is 2.09. The summed E-state index contributed by atoms with van der Waals surface area (Å²) in [4.78, 5) is 25.1. The SMILES string of the molecule is NS(=O)(=O)c1ccc(NC(=O)CSc2nncc(=O)[nH]2)cc1. The monoisotopic (exact) mass is 341 g/mol. The van der Waals surface area contributed by atoms with E-state index in [9.17, 15) is 18.0 Å². The average molecular weight is 341 g/mol. The quantitative estimate of drug-likeness (QED) is 0.623. The van der Waals surface area contributed by atoms with E-state index in [2.05, 4.69) is 20.5 Å². The number of anilines is 1. The number of rotatable bonds is 5. The number of nitrogens with one attached hydrogen (secondary N) is 2. The molecule has 0 unspecified atom stereocenters. The van der Waals surface area contributed by atoms with Gasteiger partial charge in [-0.1, -0.05) is 11.8 Å². The van der Waals surface area contributed by atoms with Gasteiger partial charge in [0.15, 0.2) is 5.16 Å². The predicted octanol–water partition coefficient (Wildman–Crippen LogP) is -0.457. The lowest BCUT2D eigenvalue weighted by Gasteiger charge is -2.05. The zero-order chi connectivity index (χ0) is 16.2. The van der Waals surface area contributed by atoms with Crippen LogP contribution in [-0.4, -0.2) is 35.3 Å². The van der Waals surface area contributed by atoms with Gasteiger partial charge in [0.2, 0.25) is 15.9 Å². The highest BCUT2D eigenvalue weighted by Crippen LogP contribution is 2.14. The molecule has 0 aliphatic carbocycles. The maximum Gasteiger partial charge on any atom is 0.270 e. The summed E-state index contributed by atoms with van der Waals surface area (Å²) in [7, 11) is -3.76. The molecule has 1 amide bonds. The summed E-state index contributed by atoms with van der Waals surface area (Å²) in [6.07, 6.45) is 1.02. The Kier molecular flexibility index (Phi) is 4.90. The van der Waals surface area contributed by atoms with Gasteiger partial charge in [-0.15, -0.1) is 5.10 Å². The smallest absolute Gasteiger partial charge is 0.270 e. The topological polar surface area (TPSA) is 148 Å². The summed E-state index contributed by atoms with van der Waals surface area (Å²) < 4.78 is 22.2. The number of aromatic nitrogens is 3. The molecule has 2 aromatic rings. The van der Waals surface area contributed by atoms with Crippen LogP contribution in [0.1, 0.15) is 0 Å². The first-order valence-corrected chi connectivity index (χ1v) is 8.35. The van der Waals surface area contributed by atoms with Gasteiger partial charge in [0.1, 0.15) is 6.20 Å². The number of aromatic amines is 1. The number of nitrogens with zero attached hydrogens (tertiary/aromatic N) is 2. The first-order chi connectivity index (χ1) is 10.3. The normalized spacial score (nSPS) is 11.1. The fraction of sp³-hybridized carbons (Fsp3) is 0.0909. The third-order valence-electron chi connectivity index (χ3n) is 2.36. The lowest BCUT2D eigenvalue weighted by atomic mass is 10.3. The van der Waals surface area contributed by atoms with Crippen LogP contribution in [0.3, 0.4) is 0 Å². The molecule has 0 saturated carbocycles. The summed E-state index contributed by atoms with van der Waals surface area (Å²) in [5.41, 5.74) is 0.0159. The Balaban J connectivity index is 1.93. The van der Waals surface area contributed by atoms with Crippen molar-refractivity contribution >= 4 is 33.4 Å². The Hall–Kier alpha value is -2.24. The molecule has 0 fully saturated rings. The van der Waals surface area contributed by atoms with Gasteiger partial charge in [-0.25, -0.2) is 13.6 Å². The Morgan fingerprint density at radius 3 is 2.59 bits per heavy atom. The van der Waals surface area contributed by atoms with Gasteiger partial charge in [0.05, 0.1) is 10.6 Å². The number of hydrogen-bond donors (Lipinski definition) is 3. The molecule has 0 bridgehead atoms. The van der Waals surface area contributed by atoms with Crippen molar-refractivity contribution in [3.63, 3.8) is 0 Å². The number of nitrogens with two attached hydrogens (primary N) is 1. The van der Waals surface area contributed by atoms with E-state index >= 15 is 0 Å². The van der Waals surface area contributed by atoms with Gasteiger partial charge >= 0.3 is 0 Å². The van der Waals surface area contributed by atoms with Gasteiger partial charge < -0.3 is 5.32 Å². The third-order valence-corrected chi connectivity index (χ3v) is 4.15. The van der Waals surface area contributed by atoms with Crippen molar-refractivity contribution in [2.45, 2.75) is 10.1 Å². The van der Waals surface area contributed by atoms with E-state index < -0.39 is 15.6 Å². The number of thioether (sulfide) groups is 1. The lowest BCUT2D eigenvalue weighted by Crippen LogP contribution is -2.16. The van der Waals surface area contributed by atoms with E-state index in [4.69, 9.17) is 5.14 Å². The molecular weight excluding hydrogens is 330 g/mol. The second-order valence-electron chi connectivity index (χ2n) is 4.05. The fourth-order valence-corrected chi connectivity index (χ4v) is 2.55. The summed E-state index contributed by atoms with van der Waals surface area (Å²) in [6.45, 7) is 0. The van der Waals surface area contributed by atoms with Crippen LogP contribution in [0, 0.1) is 0 Å². The number of amides is 1. The third kappa shape index (κ3) is 4.65. The van der Waals surface area contributed by atoms with Crippen LogP contribution in [0.4, 0.5) is 5.69 Å². The van der Waals surface area contributed by atoms with Crippen molar-refractivity contribution in [3.05, 3.63) is 40.8 Å². The molecule has 1 aromatic carbocycles. The number of benzene rings is 1. The molecule has 1 aromatic heterocycles. The van der Waals surface area contributed by atoms with Gasteiger partial charge in [-0.3, -0.25) is 14.6 Å². The second-order valence-corrected chi connectivity index (χ2v) is 6.57. The zero-order valence-corrected chi connectivity index (χ0v) is 12.6. The highest BCUT2D eigenvalue weighted by molar-refractivity contribution is 7.99. The van der Waals surface area contributed by atoms with Crippen LogP contribution in [0.15, 0.2) is 45.3 Å². The Morgan fingerprint density at radius 1 is 1.32 bits per heavy atom. The van der Waals surface area contributed by atoms with Crippen molar-refractivity contribution in [2.75, 3.05) is 11.1 Å². The molecule has 11 heteroatoms. The van der Waals surface area contributed by atoms with E-state index in [0.29, 0.717) is 5.69 Å². The number of carbonyl (C=O) groups is 1. The second kappa shape index (κ2) is 6.68. The molecule has 4 N–H and O–H groups in total. The molecule has 116 valence electrons. The molecule has 0 spiro atoms. The Bertz CT molecular complexity index is 832.